The van der Waals surface area contributed by atoms with Gasteiger partial charge in [0.05, 0.1) is 34.4 Å². The SMILES string of the molecule is CC/C=C/C=C/C=C/C=C/C=C/CCCC(=O)OCC(COCCC(C(=O)O)[N+](C)(C)C)OC(=O)CCCCCC/C=C/C/C=C/C/C=C/CC. The summed E-state index contributed by atoms with van der Waals surface area (Å²) in [6.45, 7) is 4.33. The Morgan fingerprint density at radius 2 is 1.16 bits per heavy atom. The van der Waals surface area contributed by atoms with E-state index in [9.17, 15) is 19.5 Å². The molecule has 0 aromatic rings. The summed E-state index contributed by atoms with van der Waals surface area (Å²) in [6, 6.07) is -0.634. The van der Waals surface area contributed by atoms with E-state index in [1.54, 1.807) is 0 Å². The largest absolute Gasteiger partial charge is 0.477 e. The number of carboxylic acid groups (broad SMARTS) is 1. The molecule has 0 spiro atoms. The van der Waals surface area contributed by atoms with Crippen LogP contribution in [-0.2, 0) is 28.6 Å². The molecule has 0 saturated heterocycles. The van der Waals surface area contributed by atoms with Crippen molar-refractivity contribution in [3.8, 4) is 0 Å². The predicted molar refractivity (Wildman–Crippen MR) is 210 cm³/mol. The number of nitrogens with zero attached hydrogens (tertiary/aromatic N) is 1. The van der Waals surface area contributed by atoms with Crippen LogP contribution in [0.4, 0.5) is 0 Å². The van der Waals surface area contributed by atoms with Gasteiger partial charge in [0.1, 0.15) is 6.61 Å². The molecule has 8 nitrogen and oxygen atoms in total. The van der Waals surface area contributed by atoms with Gasteiger partial charge in [0.25, 0.3) is 0 Å². The van der Waals surface area contributed by atoms with Crippen molar-refractivity contribution in [3.05, 3.63) is 97.2 Å². The number of carboxylic acids is 1. The average molecular weight is 711 g/mol. The molecule has 0 amide bonds. The minimum atomic E-state index is -0.895. The van der Waals surface area contributed by atoms with Gasteiger partial charge in [-0.2, -0.15) is 0 Å². The summed E-state index contributed by atoms with van der Waals surface area (Å²) < 4.78 is 17.1. The van der Waals surface area contributed by atoms with Gasteiger partial charge in [-0.15, -0.1) is 0 Å². The van der Waals surface area contributed by atoms with Gasteiger partial charge in [0.15, 0.2) is 12.1 Å². The first-order valence-corrected chi connectivity index (χ1v) is 18.8. The fraction of sp³-hybridized carbons (Fsp3) is 0.558. The minimum absolute atomic E-state index is 0.0220. The Balaban J connectivity index is 4.62. The fourth-order valence-corrected chi connectivity index (χ4v) is 4.72. The molecule has 0 saturated carbocycles. The number of likely N-dealkylation sites (N-methyl/N-ethyl adjacent to an activating group) is 1. The highest BCUT2D eigenvalue weighted by Crippen LogP contribution is 2.11. The molecule has 8 heteroatoms. The molecule has 2 atom stereocenters. The van der Waals surface area contributed by atoms with Crippen LogP contribution in [0, 0.1) is 0 Å². The summed E-state index contributed by atoms with van der Waals surface area (Å²) in [5, 5.41) is 9.58. The van der Waals surface area contributed by atoms with Crippen LogP contribution < -0.4 is 0 Å². The van der Waals surface area contributed by atoms with Gasteiger partial charge in [0.2, 0.25) is 0 Å². The average Bonchev–Trinajstić information content (AvgIpc) is 3.08. The van der Waals surface area contributed by atoms with E-state index in [-0.39, 0.29) is 49.1 Å². The lowest BCUT2D eigenvalue weighted by molar-refractivity contribution is -0.887. The van der Waals surface area contributed by atoms with Crippen LogP contribution in [0.25, 0.3) is 0 Å². The van der Waals surface area contributed by atoms with Gasteiger partial charge in [-0.25, -0.2) is 4.79 Å². The van der Waals surface area contributed by atoms with Crippen LogP contribution in [0.1, 0.15) is 104 Å². The first kappa shape index (κ1) is 47.2. The summed E-state index contributed by atoms with van der Waals surface area (Å²) >= 11 is 0. The van der Waals surface area contributed by atoms with Gasteiger partial charge in [-0.1, -0.05) is 124 Å². The number of esters is 2. The van der Waals surface area contributed by atoms with E-state index < -0.39 is 18.1 Å². The molecule has 0 bridgehead atoms. The molecule has 0 aliphatic heterocycles. The van der Waals surface area contributed by atoms with Crippen LogP contribution in [0.2, 0.25) is 0 Å². The summed E-state index contributed by atoms with van der Waals surface area (Å²) in [4.78, 5) is 36.7. The number of carbonyl (C=O) groups is 3. The maximum atomic E-state index is 12.6. The fourth-order valence-electron chi connectivity index (χ4n) is 4.72. The van der Waals surface area contributed by atoms with E-state index >= 15 is 0 Å². The second-order valence-corrected chi connectivity index (χ2v) is 13.2. The third-order valence-electron chi connectivity index (χ3n) is 7.61. The van der Waals surface area contributed by atoms with E-state index in [1.807, 2.05) is 75.8 Å². The molecular weight excluding hydrogens is 642 g/mol. The number of rotatable bonds is 31. The van der Waals surface area contributed by atoms with Crippen LogP contribution in [0.5, 0.6) is 0 Å². The third-order valence-corrected chi connectivity index (χ3v) is 7.61. The highest BCUT2D eigenvalue weighted by atomic mass is 16.6. The molecule has 286 valence electrons. The number of aliphatic carboxylic acids is 1. The van der Waals surface area contributed by atoms with Crippen molar-refractivity contribution in [2.45, 2.75) is 116 Å². The Kier molecular flexibility index (Phi) is 30.9. The van der Waals surface area contributed by atoms with Gasteiger partial charge >= 0.3 is 17.9 Å². The zero-order chi connectivity index (χ0) is 37.8. The highest BCUT2D eigenvalue weighted by Gasteiger charge is 2.31. The number of carbonyl (C=O) groups excluding carboxylic acids is 2. The summed E-state index contributed by atoms with van der Waals surface area (Å²) in [5.74, 6) is -1.61. The first-order valence-electron chi connectivity index (χ1n) is 18.8. The zero-order valence-electron chi connectivity index (χ0n) is 32.3. The number of ether oxygens (including phenoxy) is 3. The quantitative estimate of drug-likeness (QED) is 0.0252. The number of quaternary nitrogens is 1. The molecular formula is C43H68NO7+. The van der Waals surface area contributed by atoms with Crippen LogP contribution in [0.3, 0.4) is 0 Å². The van der Waals surface area contributed by atoms with Crippen LogP contribution >= 0.6 is 0 Å². The highest BCUT2D eigenvalue weighted by molar-refractivity contribution is 5.72. The van der Waals surface area contributed by atoms with Crippen molar-refractivity contribution in [2.24, 2.45) is 0 Å². The molecule has 0 radical (unpaired) electrons. The Labute approximate surface area is 309 Å². The van der Waals surface area contributed by atoms with Gasteiger partial charge in [-0.05, 0) is 57.8 Å². The third kappa shape index (κ3) is 31.9. The molecule has 0 aliphatic rings. The number of unbranched alkanes of at least 4 members (excludes halogenated alkanes) is 5. The van der Waals surface area contributed by atoms with E-state index in [0.717, 1.165) is 64.2 Å². The summed E-state index contributed by atoms with van der Waals surface area (Å²) in [5.41, 5.74) is 0. The molecule has 2 unspecified atom stereocenters. The summed E-state index contributed by atoms with van der Waals surface area (Å²) in [7, 11) is 5.47. The van der Waals surface area contributed by atoms with E-state index in [1.165, 1.54) is 0 Å². The molecule has 0 aliphatic carbocycles. The van der Waals surface area contributed by atoms with Crippen molar-refractivity contribution < 1.29 is 38.2 Å². The Hall–Kier alpha value is -3.75. The monoisotopic (exact) mass is 710 g/mol. The van der Waals surface area contributed by atoms with Crippen molar-refractivity contribution in [3.63, 3.8) is 0 Å². The molecule has 51 heavy (non-hydrogen) atoms. The Bertz CT molecular complexity index is 1150. The predicted octanol–water partition coefficient (Wildman–Crippen LogP) is 9.57. The maximum absolute atomic E-state index is 12.6. The molecule has 0 heterocycles. The lowest BCUT2D eigenvalue weighted by atomic mass is 10.1. The molecule has 0 aromatic heterocycles. The van der Waals surface area contributed by atoms with Crippen molar-refractivity contribution in [1.82, 2.24) is 0 Å². The van der Waals surface area contributed by atoms with E-state index in [0.29, 0.717) is 12.8 Å². The van der Waals surface area contributed by atoms with Crippen molar-refractivity contribution in [1.29, 1.82) is 0 Å². The molecule has 0 rings (SSSR count). The standard InChI is InChI=1S/C43H67NO7/c1-6-8-10-12-14-16-18-20-22-24-26-28-30-32-34-42(46)51-39(37-49-36-35-40(43(47)48)44(3,4)5)38-50-41(45)33-31-29-27-25-23-21-19-17-15-13-11-9-7-2/h8-11,13-17,19-23,25,27,39-40H,6-7,12,18,24,26,28-38H2,1-5H3/p+1/b10-8+,11-9+,15-13+,16-14+,19-17+,22-20+,23-21+,27-25+. The first-order chi connectivity index (χ1) is 24.6. The lowest BCUT2D eigenvalue weighted by Crippen LogP contribution is -2.50. The van der Waals surface area contributed by atoms with Gasteiger partial charge in [-0.3, -0.25) is 9.59 Å². The number of hydrogen-bond acceptors (Lipinski definition) is 6. The van der Waals surface area contributed by atoms with E-state index in [2.05, 4.69) is 56.4 Å². The molecule has 0 aromatic carbocycles. The second-order valence-electron chi connectivity index (χ2n) is 13.2. The smallest absolute Gasteiger partial charge is 0.362 e. The van der Waals surface area contributed by atoms with Gasteiger partial charge < -0.3 is 23.8 Å². The van der Waals surface area contributed by atoms with Crippen molar-refractivity contribution in [2.75, 3.05) is 41.0 Å². The number of hydrogen-bond donors (Lipinski definition) is 1. The molecule has 0 fully saturated rings. The number of allylic oxidation sites excluding steroid dienone is 16. The Morgan fingerprint density at radius 3 is 1.78 bits per heavy atom. The maximum Gasteiger partial charge on any atom is 0.362 e. The topological polar surface area (TPSA) is 99.1 Å². The van der Waals surface area contributed by atoms with Crippen molar-refractivity contribution >= 4 is 17.9 Å². The van der Waals surface area contributed by atoms with Crippen LogP contribution in [-0.4, -0.2) is 80.6 Å². The second kappa shape index (κ2) is 33.4. The zero-order valence-corrected chi connectivity index (χ0v) is 32.3. The lowest BCUT2D eigenvalue weighted by Gasteiger charge is -2.31. The molecule has 1 N–H and O–H groups in total. The summed E-state index contributed by atoms with van der Waals surface area (Å²) in [6.07, 6.45) is 43.2. The van der Waals surface area contributed by atoms with E-state index in [4.69, 9.17) is 14.2 Å². The van der Waals surface area contributed by atoms with Crippen LogP contribution in [0.15, 0.2) is 97.2 Å². The Morgan fingerprint density at radius 1 is 0.608 bits per heavy atom. The normalized spacial score (nSPS) is 14.1. The minimum Gasteiger partial charge on any atom is -0.477 e. The van der Waals surface area contributed by atoms with Gasteiger partial charge in [0, 0.05) is 19.3 Å².